The summed E-state index contributed by atoms with van der Waals surface area (Å²) in [6.45, 7) is 4.23. The lowest BCUT2D eigenvalue weighted by atomic mass is 10.3. The van der Waals surface area contributed by atoms with E-state index in [1.54, 1.807) is 24.4 Å². The monoisotopic (exact) mass is 308 g/mol. The van der Waals surface area contributed by atoms with Crippen LogP contribution in [0.15, 0.2) is 21.9 Å². The largest absolute Gasteiger partial charge is 0.461 e. The van der Waals surface area contributed by atoms with Crippen LogP contribution in [0.1, 0.15) is 45.7 Å². The molecule has 2 aromatic rings. The molecule has 0 radical (unpaired) electrons. The quantitative estimate of drug-likeness (QED) is 0.829. The van der Waals surface area contributed by atoms with Gasteiger partial charge in [0.1, 0.15) is 10.8 Å². The number of amides is 1. The summed E-state index contributed by atoms with van der Waals surface area (Å²) in [6.07, 6.45) is 0.739. The number of aromatic nitrogens is 1. The number of esters is 1. The van der Waals surface area contributed by atoms with Crippen LogP contribution < -0.4 is 5.32 Å². The molecule has 0 saturated heterocycles. The van der Waals surface area contributed by atoms with Gasteiger partial charge < -0.3 is 14.5 Å². The van der Waals surface area contributed by atoms with Gasteiger partial charge in [-0.25, -0.2) is 9.78 Å². The smallest absolute Gasteiger partial charge is 0.357 e. The molecule has 0 aliphatic carbocycles. The molecule has 0 spiro atoms. The molecule has 0 bridgehead atoms. The highest BCUT2D eigenvalue weighted by atomic mass is 32.1. The molecule has 0 aliphatic rings. The van der Waals surface area contributed by atoms with Gasteiger partial charge in [-0.2, -0.15) is 0 Å². The van der Waals surface area contributed by atoms with E-state index in [0.29, 0.717) is 11.6 Å². The number of carbonyl (C=O) groups is 2. The summed E-state index contributed by atoms with van der Waals surface area (Å²) in [5.74, 6) is 0.278. The van der Waals surface area contributed by atoms with Crippen LogP contribution >= 0.6 is 11.3 Å². The van der Waals surface area contributed by atoms with E-state index < -0.39 is 5.97 Å². The van der Waals surface area contributed by atoms with E-state index in [2.05, 4.69) is 10.3 Å². The van der Waals surface area contributed by atoms with Gasteiger partial charge >= 0.3 is 5.97 Å². The zero-order valence-electron chi connectivity index (χ0n) is 11.8. The highest BCUT2D eigenvalue weighted by molar-refractivity contribution is 7.09. The number of rotatable bonds is 6. The highest BCUT2D eigenvalue weighted by Crippen LogP contribution is 2.12. The van der Waals surface area contributed by atoms with Gasteiger partial charge in [0.2, 0.25) is 0 Å². The Balaban J connectivity index is 1.91. The predicted octanol–water partition coefficient (Wildman–Crippen LogP) is 2.41. The first-order chi connectivity index (χ1) is 10.1. The summed E-state index contributed by atoms with van der Waals surface area (Å²) >= 11 is 1.29. The minimum absolute atomic E-state index is 0.241. The lowest BCUT2D eigenvalue weighted by molar-refractivity contribution is 0.0520. The summed E-state index contributed by atoms with van der Waals surface area (Å²) in [4.78, 5) is 27.5. The van der Waals surface area contributed by atoms with Crippen molar-refractivity contribution in [1.29, 1.82) is 0 Å². The number of ether oxygens (including phenoxy) is 1. The van der Waals surface area contributed by atoms with E-state index in [4.69, 9.17) is 9.15 Å². The van der Waals surface area contributed by atoms with Crippen LogP contribution in [-0.2, 0) is 17.7 Å². The van der Waals surface area contributed by atoms with E-state index >= 15 is 0 Å². The van der Waals surface area contributed by atoms with Crippen LogP contribution in [-0.4, -0.2) is 23.5 Å². The number of hydrogen-bond acceptors (Lipinski definition) is 6. The van der Waals surface area contributed by atoms with Crippen molar-refractivity contribution >= 4 is 23.2 Å². The number of thiazole rings is 1. The molecule has 21 heavy (non-hydrogen) atoms. The molecule has 0 atom stereocenters. The molecule has 0 fully saturated rings. The van der Waals surface area contributed by atoms with Gasteiger partial charge in [0.05, 0.1) is 13.2 Å². The molecule has 112 valence electrons. The van der Waals surface area contributed by atoms with Crippen molar-refractivity contribution < 1.29 is 18.7 Å². The topological polar surface area (TPSA) is 81.4 Å². The lowest BCUT2D eigenvalue weighted by Crippen LogP contribution is -2.22. The summed E-state index contributed by atoms with van der Waals surface area (Å²) in [5.41, 5.74) is 0.261. The van der Waals surface area contributed by atoms with Crippen LogP contribution in [0.2, 0.25) is 0 Å². The number of aryl methyl sites for hydroxylation is 1. The lowest BCUT2D eigenvalue weighted by Gasteiger charge is -2.00. The molecular weight excluding hydrogens is 292 g/mol. The Morgan fingerprint density at radius 3 is 2.86 bits per heavy atom. The van der Waals surface area contributed by atoms with Gasteiger partial charge in [0.15, 0.2) is 11.5 Å². The van der Waals surface area contributed by atoms with Crippen LogP contribution in [0.5, 0.6) is 0 Å². The van der Waals surface area contributed by atoms with Gasteiger partial charge in [-0.1, -0.05) is 6.92 Å². The summed E-state index contributed by atoms with van der Waals surface area (Å²) in [6, 6.07) is 3.41. The van der Waals surface area contributed by atoms with E-state index in [1.807, 2.05) is 6.92 Å². The Kier molecular flexibility index (Phi) is 5.10. The van der Waals surface area contributed by atoms with Crippen LogP contribution in [0.25, 0.3) is 0 Å². The second-order valence-corrected chi connectivity index (χ2v) is 5.09. The Hall–Kier alpha value is -2.15. The standard InChI is InChI=1S/C14H16N2O4S/c1-3-9-5-6-11(20-9)13(17)15-7-12-16-10(8-21-12)14(18)19-4-2/h5-6,8H,3-4,7H2,1-2H3,(H,15,17). The minimum atomic E-state index is -0.454. The predicted molar refractivity (Wildman–Crippen MR) is 77.3 cm³/mol. The second-order valence-electron chi connectivity index (χ2n) is 4.15. The van der Waals surface area contributed by atoms with Gasteiger partial charge in [-0.15, -0.1) is 11.3 Å². The average Bonchev–Trinajstić information content (AvgIpc) is 3.14. The number of carbonyl (C=O) groups excluding carboxylic acids is 2. The molecular formula is C14H16N2O4S. The molecule has 0 aliphatic heterocycles. The van der Waals surface area contributed by atoms with Crippen molar-refractivity contribution in [2.75, 3.05) is 6.61 Å². The van der Waals surface area contributed by atoms with Crippen LogP contribution in [0.4, 0.5) is 0 Å². The van der Waals surface area contributed by atoms with E-state index in [1.165, 1.54) is 11.3 Å². The van der Waals surface area contributed by atoms with E-state index in [0.717, 1.165) is 12.2 Å². The molecule has 0 unspecified atom stereocenters. The van der Waals surface area contributed by atoms with Crippen LogP contribution in [0, 0.1) is 0 Å². The van der Waals surface area contributed by atoms with Gasteiger partial charge in [-0.3, -0.25) is 4.79 Å². The molecule has 6 nitrogen and oxygen atoms in total. The molecule has 2 heterocycles. The van der Waals surface area contributed by atoms with Crippen molar-refractivity contribution in [2.24, 2.45) is 0 Å². The van der Waals surface area contributed by atoms with Crippen molar-refractivity contribution in [3.05, 3.63) is 39.7 Å². The van der Waals surface area contributed by atoms with Crippen LogP contribution in [0.3, 0.4) is 0 Å². The highest BCUT2D eigenvalue weighted by Gasteiger charge is 2.14. The Morgan fingerprint density at radius 2 is 2.19 bits per heavy atom. The molecule has 2 rings (SSSR count). The first kappa shape index (κ1) is 15.2. The Bertz CT molecular complexity index is 632. The molecule has 2 aromatic heterocycles. The zero-order chi connectivity index (χ0) is 15.2. The van der Waals surface area contributed by atoms with E-state index in [-0.39, 0.29) is 23.9 Å². The normalized spacial score (nSPS) is 10.4. The summed E-state index contributed by atoms with van der Waals surface area (Å²) in [7, 11) is 0. The zero-order valence-corrected chi connectivity index (χ0v) is 12.7. The van der Waals surface area contributed by atoms with Gasteiger partial charge in [0.25, 0.3) is 5.91 Å². The maximum atomic E-state index is 11.9. The first-order valence-corrected chi connectivity index (χ1v) is 7.50. The molecule has 1 amide bonds. The fraction of sp³-hybridized carbons (Fsp3) is 0.357. The third-order valence-corrected chi connectivity index (χ3v) is 3.52. The van der Waals surface area contributed by atoms with E-state index in [9.17, 15) is 9.59 Å². The average molecular weight is 308 g/mol. The molecule has 0 saturated carbocycles. The van der Waals surface area contributed by atoms with Gasteiger partial charge in [0, 0.05) is 11.8 Å². The minimum Gasteiger partial charge on any atom is -0.461 e. The number of nitrogens with one attached hydrogen (secondary N) is 1. The van der Waals surface area contributed by atoms with Gasteiger partial charge in [-0.05, 0) is 19.1 Å². The van der Waals surface area contributed by atoms with Crippen molar-refractivity contribution in [3.8, 4) is 0 Å². The second kappa shape index (κ2) is 7.03. The third-order valence-electron chi connectivity index (χ3n) is 2.67. The third kappa shape index (κ3) is 3.91. The number of nitrogens with zero attached hydrogens (tertiary/aromatic N) is 1. The Morgan fingerprint density at radius 1 is 1.38 bits per heavy atom. The molecule has 1 N–H and O–H groups in total. The first-order valence-electron chi connectivity index (χ1n) is 6.62. The molecule has 7 heteroatoms. The fourth-order valence-corrected chi connectivity index (χ4v) is 2.33. The summed E-state index contributed by atoms with van der Waals surface area (Å²) in [5, 5.41) is 4.95. The fourth-order valence-electron chi connectivity index (χ4n) is 1.62. The van der Waals surface area contributed by atoms with Crippen molar-refractivity contribution in [3.63, 3.8) is 0 Å². The molecule has 0 aromatic carbocycles. The van der Waals surface area contributed by atoms with Crippen molar-refractivity contribution in [2.45, 2.75) is 26.8 Å². The number of hydrogen-bond donors (Lipinski definition) is 1. The SMILES string of the molecule is CCOC(=O)c1csc(CNC(=O)c2ccc(CC)o2)n1. The maximum absolute atomic E-state index is 11.9. The van der Waals surface area contributed by atoms with Crippen molar-refractivity contribution in [1.82, 2.24) is 10.3 Å². The summed E-state index contributed by atoms with van der Waals surface area (Å²) < 4.78 is 10.2. The number of furan rings is 1. The Labute approximate surface area is 126 Å². The maximum Gasteiger partial charge on any atom is 0.357 e.